The molecule has 2 nitrogen and oxygen atoms in total. The third-order valence-corrected chi connectivity index (χ3v) is 1.08. The zero-order chi connectivity index (χ0) is 6.10. The highest BCUT2D eigenvalue weighted by Crippen LogP contribution is 2.17. The largest absolute Gasteiger partial charge is 0.658 e. The van der Waals surface area contributed by atoms with Crippen LogP contribution in [0.25, 0.3) is 0 Å². The highest BCUT2D eigenvalue weighted by atomic mass is 16.6. The van der Waals surface area contributed by atoms with Crippen molar-refractivity contribution < 1.29 is 9.31 Å². The van der Waals surface area contributed by atoms with E-state index in [1.807, 2.05) is 0 Å². The molecule has 0 aromatic carbocycles. The molecular weight excluding hydrogens is 115 g/mol. The molecule has 0 saturated heterocycles. The Morgan fingerprint density at radius 1 is 1.11 bits per heavy atom. The summed E-state index contributed by atoms with van der Waals surface area (Å²) in [6, 6.07) is 0. The van der Waals surface area contributed by atoms with Gasteiger partial charge in [0.05, 0.1) is 0 Å². The summed E-state index contributed by atoms with van der Waals surface area (Å²) < 4.78 is 9.80. The molecule has 0 atom stereocenters. The second-order valence-electron chi connectivity index (χ2n) is 1.64. The molecule has 0 fully saturated rings. The van der Waals surface area contributed by atoms with E-state index in [1.54, 1.807) is 12.2 Å². The lowest BCUT2D eigenvalue weighted by atomic mass is 10.3. The van der Waals surface area contributed by atoms with E-state index in [1.165, 1.54) is 7.69 Å². The Morgan fingerprint density at radius 3 is 2.22 bits per heavy atom. The molecule has 1 radical (unpaired) electrons. The van der Waals surface area contributed by atoms with E-state index in [0.717, 1.165) is 0 Å². The van der Waals surface area contributed by atoms with Crippen molar-refractivity contribution in [3.63, 3.8) is 0 Å². The summed E-state index contributed by atoms with van der Waals surface area (Å²) in [5.74, 6) is 1.41. The maximum Gasteiger partial charge on any atom is 0.658 e. The lowest BCUT2D eigenvalue weighted by Gasteiger charge is -1.92. The van der Waals surface area contributed by atoms with Crippen LogP contribution in [0, 0.1) is 0 Å². The van der Waals surface area contributed by atoms with Gasteiger partial charge in [-0.1, -0.05) is 11.5 Å². The van der Waals surface area contributed by atoms with E-state index in [2.05, 4.69) is 11.5 Å². The molecule has 0 amide bonds. The van der Waals surface area contributed by atoms with Crippen molar-refractivity contribution in [2.75, 3.05) is 0 Å². The van der Waals surface area contributed by atoms with E-state index in [4.69, 9.17) is 9.31 Å². The standard InChI is InChI=1S/C6H2BO2/c1-2-4-6-5(3-1)8-7-9-6/h3-4H. The molecule has 0 N–H and O–H groups in total. The molecule has 0 aromatic heterocycles. The number of hydrogen-bond acceptors (Lipinski definition) is 2. The van der Waals surface area contributed by atoms with Gasteiger partial charge in [0.25, 0.3) is 0 Å². The van der Waals surface area contributed by atoms with E-state index in [-0.39, 0.29) is 0 Å². The van der Waals surface area contributed by atoms with Crippen molar-refractivity contribution in [3.8, 4) is 0 Å². The summed E-state index contributed by atoms with van der Waals surface area (Å²) in [6.45, 7) is 0. The molecule has 3 heteroatoms. The molecule has 0 saturated carbocycles. The Balaban J connectivity index is 2.48. The molecular formula is C6H2BO2. The average Bonchev–Trinajstić information content (AvgIpc) is 2.33. The monoisotopic (exact) mass is 117 g/mol. The highest BCUT2D eigenvalue weighted by molar-refractivity contribution is 6.20. The summed E-state index contributed by atoms with van der Waals surface area (Å²) in [4.78, 5) is 0. The minimum absolute atomic E-state index is 0.703. The van der Waals surface area contributed by atoms with Crippen LogP contribution in [-0.2, 0) is 9.31 Å². The smallest absolute Gasteiger partial charge is 0.523 e. The number of hydrogen-bond donors (Lipinski definition) is 0. The third kappa shape index (κ3) is 0.602. The first-order chi connectivity index (χ1) is 4.47. The Morgan fingerprint density at radius 2 is 1.67 bits per heavy atom. The molecule has 0 aromatic rings. The highest BCUT2D eigenvalue weighted by Gasteiger charge is 2.16. The molecule has 1 heterocycles. The summed E-state index contributed by atoms with van der Waals surface area (Å²) in [5.41, 5.74) is 5.49. The van der Waals surface area contributed by atoms with Crippen molar-refractivity contribution in [2.45, 2.75) is 0 Å². The predicted octanol–water partition coefficient (Wildman–Crippen LogP) is 0.659. The Hall–Kier alpha value is -1.30. The zero-order valence-electron chi connectivity index (χ0n) is 4.55. The van der Waals surface area contributed by atoms with Crippen molar-refractivity contribution >= 4 is 7.69 Å². The van der Waals surface area contributed by atoms with Crippen LogP contribution in [0.5, 0.6) is 0 Å². The van der Waals surface area contributed by atoms with E-state index < -0.39 is 0 Å². The normalized spacial score (nSPS) is 18.7. The molecule has 9 heavy (non-hydrogen) atoms. The first kappa shape index (κ1) is 4.57. The molecule has 1 aliphatic heterocycles. The van der Waals surface area contributed by atoms with Gasteiger partial charge in [-0.05, 0) is 0 Å². The molecule has 1 aliphatic carbocycles. The minimum Gasteiger partial charge on any atom is -0.523 e. The second kappa shape index (κ2) is 1.59. The van der Waals surface area contributed by atoms with Crippen LogP contribution in [0.4, 0.5) is 0 Å². The fraction of sp³-hybridized carbons (Fsp3) is 0. The van der Waals surface area contributed by atoms with Crippen LogP contribution >= 0.6 is 0 Å². The van der Waals surface area contributed by atoms with Gasteiger partial charge in [-0.2, -0.15) is 0 Å². The summed E-state index contributed by atoms with van der Waals surface area (Å²) in [7, 11) is 1.28. The van der Waals surface area contributed by atoms with Gasteiger partial charge >= 0.3 is 7.69 Å². The van der Waals surface area contributed by atoms with Crippen LogP contribution in [0.3, 0.4) is 0 Å². The van der Waals surface area contributed by atoms with E-state index >= 15 is 0 Å². The second-order valence-corrected chi connectivity index (χ2v) is 1.64. The zero-order valence-corrected chi connectivity index (χ0v) is 4.55. The van der Waals surface area contributed by atoms with Gasteiger partial charge in [0, 0.05) is 12.2 Å². The van der Waals surface area contributed by atoms with Crippen molar-refractivity contribution in [1.29, 1.82) is 0 Å². The summed E-state index contributed by atoms with van der Waals surface area (Å²) in [6.07, 6.45) is 3.36. The van der Waals surface area contributed by atoms with Gasteiger partial charge in [0.1, 0.15) is 0 Å². The molecule has 2 aliphatic rings. The summed E-state index contributed by atoms with van der Waals surface area (Å²) >= 11 is 0. The molecule has 0 unspecified atom stereocenters. The first-order valence-corrected chi connectivity index (χ1v) is 2.53. The summed E-state index contributed by atoms with van der Waals surface area (Å²) in [5, 5.41) is 0. The topological polar surface area (TPSA) is 18.5 Å². The van der Waals surface area contributed by atoms with Gasteiger partial charge in [0.2, 0.25) is 0 Å². The van der Waals surface area contributed by atoms with Crippen LogP contribution in [0.15, 0.2) is 35.1 Å². The van der Waals surface area contributed by atoms with Crippen LogP contribution < -0.4 is 0 Å². The first-order valence-electron chi connectivity index (χ1n) is 2.53. The Bertz CT molecular complexity index is 239. The fourth-order valence-electron chi connectivity index (χ4n) is 0.669. The molecule has 0 spiro atoms. The molecule has 0 bridgehead atoms. The van der Waals surface area contributed by atoms with Crippen LogP contribution in [0.1, 0.15) is 0 Å². The average molecular weight is 117 g/mol. The molecule has 41 valence electrons. The van der Waals surface area contributed by atoms with Gasteiger partial charge in [-0.25, -0.2) is 0 Å². The lowest BCUT2D eigenvalue weighted by Crippen LogP contribution is -1.87. The van der Waals surface area contributed by atoms with E-state index in [9.17, 15) is 0 Å². The third-order valence-electron chi connectivity index (χ3n) is 1.08. The van der Waals surface area contributed by atoms with Crippen molar-refractivity contribution in [3.05, 3.63) is 35.1 Å². The van der Waals surface area contributed by atoms with E-state index in [0.29, 0.717) is 11.5 Å². The Kier molecular flexibility index (Phi) is 0.809. The maximum absolute atomic E-state index is 4.90. The molecule has 2 rings (SSSR count). The number of rotatable bonds is 0. The van der Waals surface area contributed by atoms with Gasteiger partial charge in [-0.15, -0.1) is 0 Å². The van der Waals surface area contributed by atoms with Crippen LogP contribution in [-0.4, -0.2) is 7.69 Å². The SMILES string of the molecule is [B]1OC2=C(C=C=C=C2)O1. The Labute approximate surface area is 53.1 Å². The predicted molar refractivity (Wildman–Crippen MR) is 31.1 cm³/mol. The minimum atomic E-state index is 0.703. The van der Waals surface area contributed by atoms with Crippen molar-refractivity contribution in [1.82, 2.24) is 0 Å². The van der Waals surface area contributed by atoms with Crippen LogP contribution in [0.2, 0.25) is 0 Å². The van der Waals surface area contributed by atoms with Gasteiger partial charge in [0.15, 0.2) is 11.5 Å². The van der Waals surface area contributed by atoms with Crippen molar-refractivity contribution in [2.24, 2.45) is 0 Å². The number of allylic oxidation sites excluding steroid dienone is 2. The lowest BCUT2D eigenvalue weighted by molar-refractivity contribution is 0.422. The van der Waals surface area contributed by atoms with Gasteiger partial charge < -0.3 is 9.31 Å². The van der Waals surface area contributed by atoms with Gasteiger partial charge in [-0.3, -0.25) is 0 Å². The fourth-order valence-corrected chi connectivity index (χ4v) is 0.669. The maximum atomic E-state index is 4.90. The quantitative estimate of drug-likeness (QED) is 0.342.